The molecule has 1 saturated carbocycles. The average molecular weight is 277 g/mol. The zero-order valence-corrected chi connectivity index (χ0v) is 13.1. The first-order valence-electron chi connectivity index (χ1n) is 8.93. The maximum atomic E-state index is 3.48. The Morgan fingerprint density at radius 1 is 0.850 bits per heavy atom. The minimum atomic E-state index is 0.726. The fraction of sp³-hybridized carbons (Fsp3) is 1.00. The number of likely N-dealkylation sites (tertiary alicyclic amines) is 2. The summed E-state index contributed by atoms with van der Waals surface area (Å²) in [5.41, 5.74) is 0.726. The summed E-state index contributed by atoms with van der Waals surface area (Å²) < 4.78 is 0. The molecule has 3 saturated heterocycles. The van der Waals surface area contributed by atoms with Gasteiger partial charge in [0.05, 0.1) is 0 Å². The summed E-state index contributed by atoms with van der Waals surface area (Å²) in [5, 5.41) is 3.48. The van der Waals surface area contributed by atoms with E-state index >= 15 is 0 Å². The van der Waals surface area contributed by atoms with Gasteiger partial charge in [0.2, 0.25) is 0 Å². The van der Waals surface area contributed by atoms with Crippen molar-refractivity contribution >= 4 is 0 Å². The van der Waals surface area contributed by atoms with Crippen molar-refractivity contribution in [3.8, 4) is 0 Å². The number of nitrogens with one attached hydrogen (secondary N) is 1. The number of rotatable bonds is 2. The predicted molar refractivity (Wildman–Crippen MR) is 82.9 cm³/mol. The topological polar surface area (TPSA) is 18.5 Å². The van der Waals surface area contributed by atoms with Crippen LogP contribution in [-0.4, -0.2) is 61.2 Å². The molecule has 0 aromatic carbocycles. The molecule has 3 aliphatic heterocycles. The Balaban J connectivity index is 1.21. The summed E-state index contributed by atoms with van der Waals surface area (Å²) >= 11 is 0. The Kier molecular flexibility index (Phi) is 3.56. The molecular formula is C17H31N3. The summed E-state index contributed by atoms with van der Waals surface area (Å²) in [7, 11) is 0. The van der Waals surface area contributed by atoms with Gasteiger partial charge >= 0.3 is 0 Å². The van der Waals surface area contributed by atoms with Crippen molar-refractivity contribution in [3.63, 3.8) is 0 Å². The molecule has 1 aliphatic carbocycles. The first kappa shape index (κ1) is 13.5. The summed E-state index contributed by atoms with van der Waals surface area (Å²) in [5.74, 6) is 0.966. The Hall–Kier alpha value is -0.120. The third-order valence-corrected chi connectivity index (χ3v) is 6.76. The average Bonchev–Trinajstić information content (AvgIpc) is 2.38. The highest BCUT2D eigenvalue weighted by Crippen LogP contribution is 2.41. The summed E-state index contributed by atoms with van der Waals surface area (Å²) in [6.45, 7) is 10.5. The number of hydrogen-bond acceptors (Lipinski definition) is 3. The highest BCUT2D eigenvalue weighted by Gasteiger charge is 2.44. The van der Waals surface area contributed by atoms with E-state index in [1.165, 1.54) is 77.8 Å². The molecule has 114 valence electrons. The van der Waals surface area contributed by atoms with Crippen molar-refractivity contribution in [1.82, 2.24) is 15.1 Å². The van der Waals surface area contributed by atoms with Gasteiger partial charge in [-0.15, -0.1) is 0 Å². The molecule has 0 aromatic rings. The molecule has 1 spiro atoms. The minimum absolute atomic E-state index is 0.726. The van der Waals surface area contributed by atoms with Crippen molar-refractivity contribution in [2.24, 2.45) is 11.3 Å². The van der Waals surface area contributed by atoms with Gasteiger partial charge in [-0.25, -0.2) is 0 Å². The molecule has 0 atom stereocenters. The van der Waals surface area contributed by atoms with Gasteiger partial charge in [-0.2, -0.15) is 0 Å². The molecule has 0 aromatic heterocycles. The zero-order valence-electron chi connectivity index (χ0n) is 13.1. The molecular weight excluding hydrogens is 246 g/mol. The van der Waals surface area contributed by atoms with Gasteiger partial charge in [-0.05, 0) is 62.9 Å². The van der Waals surface area contributed by atoms with Gasteiger partial charge in [-0.3, -0.25) is 9.80 Å². The maximum absolute atomic E-state index is 3.48. The Labute approximate surface area is 124 Å². The number of hydrogen-bond donors (Lipinski definition) is 1. The van der Waals surface area contributed by atoms with E-state index < -0.39 is 0 Å². The van der Waals surface area contributed by atoms with Crippen LogP contribution < -0.4 is 5.32 Å². The molecule has 0 amide bonds. The lowest BCUT2D eigenvalue weighted by molar-refractivity contribution is -0.0356. The molecule has 4 fully saturated rings. The van der Waals surface area contributed by atoms with Crippen molar-refractivity contribution < 1.29 is 0 Å². The third kappa shape index (κ3) is 2.42. The van der Waals surface area contributed by atoms with Gasteiger partial charge in [0.1, 0.15) is 0 Å². The minimum Gasteiger partial charge on any atom is -0.316 e. The van der Waals surface area contributed by atoms with Crippen molar-refractivity contribution in [2.75, 3.05) is 39.3 Å². The van der Waals surface area contributed by atoms with Gasteiger partial charge in [-0.1, -0.05) is 6.92 Å². The molecule has 3 heteroatoms. The largest absolute Gasteiger partial charge is 0.316 e. The first-order chi connectivity index (χ1) is 9.74. The maximum Gasteiger partial charge on any atom is 0.0350 e. The zero-order chi connectivity index (χ0) is 13.6. The van der Waals surface area contributed by atoms with Crippen molar-refractivity contribution in [3.05, 3.63) is 0 Å². The van der Waals surface area contributed by atoms with Crippen LogP contribution in [-0.2, 0) is 0 Å². The van der Waals surface area contributed by atoms with E-state index in [-0.39, 0.29) is 0 Å². The van der Waals surface area contributed by atoms with Crippen molar-refractivity contribution in [2.45, 2.75) is 57.5 Å². The summed E-state index contributed by atoms with van der Waals surface area (Å²) in [6, 6.07) is 1.81. The van der Waals surface area contributed by atoms with Crippen LogP contribution in [0.4, 0.5) is 0 Å². The van der Waals surface area contributed by atoms with Crippen LogP contribution in [0, 0.1) is 11.3 Å². The van der Waals surface area contributed by atoms with Crippen LogP contribution in [0.3, 0.4) is 0 Å². The third-order valence-electron chi connectivity index (χ3n) is 6.76. The highest BCUT2D eigenvalue weighted by molar-refractivity contribution is 5.00. The number of nitrogens with zero attached hydrogens (tertiary/aromatic N) is 2. The van der Waals surface area contributed by atoms with E-state index in [1.807, 2.05) is 0 Å². The van der Waals surface area contributed by atoms with Gasteiger partial charge < -0.3 is 5.32 Å². The second-order valence-electron chi connectivity index (χ2n) is 8.16. The molecule has 0 radical (unpaired) electrons. The molecule has 3 heterocycles. The second kappa shape index (κ2) is 5.26. The van der Waals surface area contributed by atoms with Crippen LogP contribution in [0.25, 0.3) is 0 Å². The molecule has 20 heavy (non-hydrogen) atoms. The first-order valence-corrected chi connectivity index (χ1v) is 8.93. The molecule has 1 N–H and O–H groups in total. The smallest absolute Gasteiger partial charge is 0.0350 e. The van der Waals surface area contributed by atoms with Crippen LogP contribution in [0.1, 0.15) is 45.4 Å². The fourth-order valence-electron chi connectivity index (χ4n) is 4.82. The van der Waals surface area contributed by atoms with E-state index in [2.05, 4.69) is 22.0 Å². The van der Waals surface area contributed by atoms with E-state index in [0.29, 0.717) is 0 Å². The highest BCUT2D eigenvalue weighted by atomic mass is 15.3. The van der Waals surface area contributed by atoms with Crippen LogP contribution >= 0.6 is 0 Å². The van der Waals surface area contributed by atoms with E-state index in [9.17, 15) is 0 Å². The monoisotopic (exact) mass is 277 g/mol. The predicted octanol–water partition coefficient (Wildman–Crippen LogP) is 1.93. The Bertz CT molecular complexity index is 328. The van der Waals surface area contributed by atoms with Gasteiger partial charge in [0.15, 0.2) is 0 Å². The Morgan fingerprint density at radius 2 is 1.50 bits per heavy atom. The lowest BCUT2D eigenvalue weighted by Gasteiger charge is -2.54. The summed E-state index contributed by atoms with van der Waals surface area (Å²) in [6.07, 6.45) is 8.74. The molecule has 0 bridgehead atoms. The van der Waals surface area contributed by atoms with Gasteiger partial charge in [0.25, 0.3) is 0 Å². The lowest BCUT2D eigenvalue weighted by Crippen LogP contribution is -2.64. The summed E-state index contributed by atoms with van der Waals surface area (Å²) in [4.78, 5) is 5.57. The van der Waals surface area contributed by atoms with Crippen LogP contribution in [0.15, 0.2) is 0 Å². The van der Waals surface area contributed by atoms with E-state index in [0.717, 1.165) is 23.4 Å². The standard InChI is InChI=1S/C17H31N3/c1-14-4-8-19(9-5-14)16-10-20(11-16)15-2-6-17(7-3-15)12-18-13-17/h14-16,18H,2-13H2,1H3. The fourth-order valence-corrected chi connectivity index (χ4v) is 4.82. The van der Waals surface area contributed by atoms with Gasteiger partial charge in [0, 0.05) is 38.3 Å². The quantitative estimate of drug-likeness (QED) is 0.832. The number of piperidine rings is 1. The van der Waals surface area contributed by atoms with E-state index in [1.54, 1.807) is 0 Å². The molecule has 4 rings (SSSR count). The van der Waals surface area contributed by atoms with E-state index in [4.69, 9.17) is 0 Å². The SMILES string of the molecule is CC1CCN(C2CN(C3CCC4(CC3)CNC4)C2)CC1. The normalized spacial score (nSPS) is 34.0. The Morgan fingerprint density at radius 3 is 2.05 bits per heavy atom. The lowest BCUT2D eigenvalue weighted by atomic mass is 9.68. The second-order valence-corrected chi connectivity index (χ2v) is 8.16. The van der Waals surface area contributed by atoms with Crippen molar-refractivity contribution in [1.29, 1.82) is 0 Å². The van der Waals surface area contributed by atoms with Crippen LogP contribution in [0.5, 0.6) is 0 Å². The molecule has 4 aliphatic rings. The molecule has 0 unspecified atom stereocenters. The van der Waals surface area contributed by atoms with Crippen LogP contribution in [0.2, 0.25) is 0 Å². The molecule has 3 nitrogen and oxygen atoms in total.